The van der Waals surface area contributed by atoms with Crippen LogP contribution in [0.4, 0.5) is 10.7 Å². The molecule has 1 aromatic heterocycles. The number of hydrogen-bond donors (Lipinski definition) is 4. The number of fused-ring (bicyclic) bond motifs is 1. The van der Waals surface area contributed by atoms with Gasteiger partial charge in [0, 0.05) is 17.1 Å². The molecule has 1 fully saturated rings. The first-order valence-electron chi connectivity index (χ1n) is 9.30. The second-order valence-electron chi connectivity index (χ2n) is 7.30. The molecule has 1 spiro atoms. The predicted molar refractivity (Wildman–Crippen MR) is 111 cm³/mol. The number of aliphatic hydroxyl groups excluding tert-OH is 1. The van der Waals surface area contributed by atoms with Gasteiger partial charge in [-0.3, -0.25) is 4.79 Å². The van der Waals surface area contributed by atoms with Gasteiger partial charge < -0.3 is 30.7 Å². The van der Waals surface area contributed by atoms with Crippen LogP contribution in [0.2, 0.25) is 5.02 Å². The van der Waals surface area contributed by atoms with E-state index in [9.17, 15) is 9.90 Å². The Morgan fingerprint density at radius 2 is 1.93 bits per heavy atom. The van der Waals surface area contributed by atoms with Gasteiger partial charge in [0.1, 0.15) is 24.6 Å². The van der Waals surface area contributed by atoms with Crippen molar-refractivity contribution in [2.75, 3.05) is 43.5 Å². The van der Waals surface area contributed by atoms with Crippen molar-refractivity contribution in [3.63, 3.8) is 0 Å². The first-order valence-corrected chi connectivity index (χ1v) is 10.5. The van der Waals surface area contributed by atoms with Gasteiger partial charge in [0.05, 0.1) is 30.2 Å². The lowest BCUT2D eigenvalue weighted by molar-refractivity contribution is -0.949. The molecule has 0 aliphatic carbocycles. The molecule has 0 radical (unpaired) electrons. The average molecular weight is 424 g/mol. The van der Waals surface area contributed by atoms with Crippen LogP contribution in [0.3, 0.4) is 0 Å². The first kappa shape index (κ1) is 19.5. The number of nitrogens with zero attached hydrogens (tertiary/aromatic N) is 1. The van der Waals surface area contributed by atoms with Crippen molar-refractivity contribution in [1.29, 1.82) is 0 Å². The van der Waals surface area contributed by atoms with E-state index >= 15 is 0 Å². The van der Waals surface area contributed by atoms with Gasteiger partial charge in [-0.1, -0.05) is 11.6 Å². The Bertz CT molecular complexity index is 865. The number of anilines is 2. The highest BCUT2D eigenvalue weighted by atomic mass is 35.5. The van der Waals surface area contributed by atoms with Crippen LogP contribution in [-0.2, 0) is 17.7 Å². The standard InChI is InChI=1S/C19H23ClN4O3S/c20-12-1-3-13(4-2-12)22-19(26)23-18-16(17(21)25)14-5-6-24(11-15(14)28-18)7-9-27-10-8-24/h1-4,19,22,26H,5-11H2,(H2-,21,23,25)/p+1. The molecule has 1 amide bonds. The second kappa shape index (κ2) is 7.88. The van der Waals surface area contributed by atoms with Gasteiger partial charge in [0.2, 0.25) is 6.35 Å². The third kappa shape index (κ3) is 3.97. The van der Waals surface area contributed by atoms with Gasteiger partial charge in [0.15, 0.2) is 0 Å². The molecular formula is C19H24ClN4O3S+. The lowest BCUT2D eigenvalue weighted by Gasteiger charge is -2.43. The van der Waals surface area contributed by atoms with Crippen molar-refractivity contribution < 1.29 is 19.1 Å². The van der Waals surface area contributed by atoms with Crippen LogP contribution in [0.15, 0.2) is 24.3 Å². The maximum atomic E-state index is 12.1. The van der Waals surface area contributed by atoms with Crippen LogP contribution in [0.5, 0.6) is 0 Å². The minimum absolute atomic E-state index is 0.464. The van der Waals surface area contributed by atoms with Crippen LogP contribution >= 0.6 is 22.9 Å². The highest BCUT2D eigenvalue weighted by molar-refractivity contribution is 7.16. The molecule has 28 heavy (non-hydrogen) atoms. The third-order valence-electron chi connectivity index (χ3n) is 5.49. The molecule has 2 aliphatic rings. The Morgan fingerprint density at radius 3 is 2.61 bits per heavy atom. The Hall–Kier alpha value is -1.84. The van der Waals surface area contributed by atoms with Gasteiger partial charge >= 0.3 is 0 Å². The normalized spacial score (nSPS) is 19.1. The first-order chi connectivity index (χ1) is 13.5. The van der Waals surface area contributed by atoms with Crippen LogP contribution in [0, 0.1) is 0 Å². The minimum atomic E-state index is -1.06. The zero-order valence-corrected chi connectivity index (χ0v) is 17.0. The summed E-state index contributed by atoms with van der Waals surface area (Å²) in [5.41, 5.74) is 7.92. The number of thiophene rings is 1. The summed E-state index contributed by atoms with van der Waals surface area (Å²) in [7, 11) is 0. The topological polar surface area (TPSA) is 96.6 Å². The number of primary amides is 1. The highest BCUT2D eigenvalue weighted by Crippen LogP contribution is 2.39. The molecule has 9 heteroatoms. The number of nitrogens with two attached hydrogens (primary N) is 1. The van der Waals surface area contributed by atoms with Gasteiger partial charge in [-0.15, -0.1) is 11.3 Å². The number of hydrogen-bond acceptors (Lipinski definition) is 6. The number of aliphatic hydroxyl groups is 1. The Morgan fingerprint density at radius 1 is 1.21 bits per heavy atom. The maximum Gasteiger partial charge on any atom is 0.251 e. The molecule has 150 valence electrons. The zero-order valence-electron chi connectivity index (χ0n) is 15.4. The number of quaternary nitrogens is 1. The minimum Gasteiger partial charge on any atom is -0.370 e. The number of halogens is 1. The van der Waals surface area contributed by atoms with E-state index in [4.69, 9.17) is 22.1 Å². The third-order valence-corrected chi connectivity index (χ3v) is 6.89. The molecule has 1 atom stereocenters. The number of ether oxygens (including phenoxy) is 1. The summed E-state index contributed by atoms with van der Waals surface area (Å²) in [5.74, 6) is -0.464. The Balaban J connectivity index is 1.54. The van der Waals surface area contributed by atoms with E-state index in [1.807, 2.05) is 0 Å². The maximum absolute atomic E-state index is 12.1. The number of benzene rings is 1. The largest absolute Gasteiger partial charge is 0.370 e. The van der Waals surface area contributed by atoms with Crippen molar-refractivity contribution in [3.8, 4) is 0 Å². The fourth-order valence-electron chi connectivity index (χ4n) is 3.98. The SMILES string of the molecule is NC(=O)c1c(NC(O)Nc2ccc(Cl)cc2)sc2c1CC[N+]1(CCOCC1)C2. The quantitative estimate of drug-likeness (QED) is 0.436. The summed E-state index contributed by atoms with van der Waals surface area (Å²) in [6, 6.07) is 7.02. The molecule has 5 N–H and O–H groups in total. The molecule has 0 bridgehead atoms. The fourth-order valence-corrected chi connectivity index (χ4v) is 5.51. The monoisotopic (exact) mass is 423 g/mol. The van der Waals surface area contributed by atoms with E-state index in [2.05, 4.69) is 10.6 Å². The highest BCUT2D eigenvalue weighted by Gasteiger charge is 2.38. The number of nitrogens with one attached hydrogen (secondary N) is 2. The molecule has 1 unspecified atom stereocenters. The molecule has 1 saturated heterocycles. The van der Waals surface area contributed by atoms with Gasteiger partial charge in [-0.25, -0.2) is 0 Å². The molecular weight excluding hydrogens is 400 g/mol. The fraction of sp³-hybridized carbons (Fsp3) is 0.421. The van der Waals surface area contributed by atoms with Crippen LogP contribution < -0.4 is 16.4 Å². The van der Waals surface area contributed by atoms with E-state index in [0.717, 1.165) is 55.9 Å². The molecule has 0 saturated carbocycles. The van der Waals surface area contributed by atoms with E-state index < -0.39 is 12.3 Å². The lowest BCUT2D eigenvalue weighted by atomic mass is 10.00. The molecule has 2 aliphatic heterocycles. The van der Waals surface area contributed by atoms with E-state index in [0.29, 0.717) is 21.3 Å². The summed E-state index contributed by atoms with van der Waals surface area (Å²) in [4.78, 5) is 13.3. The van der Waals surface area contributed by atoms with Gasteiger partial charge in [-0.2, -0.15) is 0 Å². The van der Waals surface area contributed by atoms with Crippen molar-refractivity contribution >= 4 is 39.5 Å². The van der Waals surface area contributed by atoms with Gasteiger partial charge in [-0.05, 0) is 29.8 Å². The van der Waals surface area contributed by atoms with Gasteiger partial charge in [0.25, 0.3) is 5.91 Å². The Kier molecular flexibility index (Phi) is 5.48. The zero-order chi connectivity index (χ0) is 19.7. The van der Waals surface area contributed by atoms with Crippen LogP contribution in [0.1, 0.15) is 20.8 Å². The molecule has 1 aromatic carbocycles. The van der Waals surface area contributed by atoms with Crippen molar-refractivity contribution in [1.82, 2.24) is 0 Å². The Labute approximate surface area is 172 Å². The van der Waals surface area contributed by atoms with Crippen LogP contribution in [-0.4, -0.2) is 54.7 Å². The molecule has 2 aromatic rings. The summed E-state index contributed by atoms with van der Waals surface area (Å²) in [6.45, 7) is 5.40. The average Bonchev–Trinajstić information content (AvgIpc) is 3.01. The van der Waals surface area contributed by atoms with Crippen molar-refractivity contribution in [2.45, 2.75) is 19.3 Å². The van der Waals surface area contributed by atoms with Crippen LogP contribution in [0.25, 0.3) is 0 Å². The number of carbonyl (C=O) groups excluding carboxylic acids is 1. The number of carbonyl (C=O) groups is 1. The van der Waals surface area contributed by atoms with E-state index in [-0.39, 0.29) is 0 Å². The predicted octanol–water partition coefficient (Wildman–Crippen LogP) is 2.20. The summed E-state index contributed by atoms with van der Waals surface area (Å²) in [5, 5.41) is 17.6. The summed E-state index contributed by atoms with van der Waals surface area (Å²) in [6.07, 6.45) is -0.252. The number of morpholine rings is 1. The summed E-state index contributed by atoms with van der Waals surface area (Å²) < 4.78 is 6.52. The lowest BCUT2D eigenvalue weighted by Crippen LogP contribution is -2.56. The van der Waals surface area contributed by atoms with Crippen molar-refractivity contribution in [3.05, 3.63) is 45.3 Å². The summed E-state index contributed by atoms with van der Waals surface area (Å²) >= 11 is 7.40. The molecule has 4 rings (SSSR count). The van der Waals surface area contributed by atoms with E-state index in [1.54, 1.807) is 24.3 Å². The number of amides is 1. The van der Waals surface area contributed by atoms with Crippen molar-refractivity contribution in [2.24, 2.45) is 5.73 Å². The smallest absolute Gasteiger partial charge is 0.251 e. The van der Waals surface area contributed by atoms with E-state index in [1.165, 1.54) is 16.2 Å². The molecule has 7 nitrogen and oxygen atoms in total. The molecule has 3 heterocycles. The number of rotatable bonds is 5. The second-order valence-corrected chi connectivity index (χ2v) is 8.84.